The summed E-state index contributed by atoms with van der Waals surface area (Å²) in [7, 11) is 0. The molecular weight excluding hydrogens is 280 g/mol. The minimum Gasteiger partial charge on any atom is -0.267 e. The van der Waals surface area contributed by atoms with Gasteiger partial charge >= 0.3 is 0 Å². The summed E-state index contributed by atoms with van der Waals surface area (Å²) < 4.78 is 0. The first-order valence-corrected chi connectivity index (χ1v) is 6.86. The predicted molar refractivity (Wildman–Crippen MR) is 81.9 cm³/mol. The van der Waals surface area contributed by atoms with E-state index in [9.17, 15) is 9.59 Å². The molecular formula is C16H18N4O2. The normalized spacial score (nSPS) is 11.0. The maximum atomic E-state index is 12.6. The number of carbonyl (C=O) groups is 2. The minimum absolute atomic E-state index is 0.100. The fraction of sp³-hybridized carbons (Fsp3) is 0.250. The molecule has 114 valence electrons. The van der Waals surface area contributed by atoms with Gasteiger partial charge in [-0.25, -0.2) is 15.4 Å². The SMILES string of the molecule is CC(C)(C)NN(C(=O)c1ccccc1)C(=O)c1cnccn1. The topological polar surface area (TPSA) is 75.2 Å². The van der Waals surface area contributed by atoms with E-state index in [4.69, 9.17) is 0 Å². The molecule has 0 aliphatic heterocycles. The molecule has 2 amide bonds. The lowest BCUT2D eigenvalue weighted by atomic mass is 10.1. The van der Waals surface area contributed by atoms with Crippen molar-refractivity contribution in [2.45, 2.75) is 26.3 Å². The van der Waals surface area contributed by atoms with Crippen LogP contribution in [0.4, 0.5) is 0 Å². The average Bonchev–Trinajstić information content (AvgIpc) is 2.52. The van der Waals surface area contributed by atoms with Gasteiger partial charge in [0.05, 0.1) is 6.20 Å². The summed E-state index contributed by atoms with van der Waals surface area (Å²) in [5, 5.41) is 0.985. The molecule has 2 aromatic rings. The molecule has 0 bridgehead atoms. The molecule has 1 heterocycles. The van der Waals surface area contributed by atoms with E-state index in [0.717, 1.165) is 5.01 Å². The third kappa shape index (κ3) is 3.95. The lowest BCUT2D eigenvalue weighted by Gasteiger charge is -2.29. The van der Waals surface area contributed by atoms with Crippen LogP contribution in [0.2, 0.25) is 0 Å². The Labute approximate surface area is 129 Å². The third-order valence-electron chi connectivity index (χ3n) is 2.66. The number of nitrogens with one attached hydrogen (secondary N) is 1. The van der Waals surface area contributed by atoms with Gasteiger partial charge in [-0.3, -0.25) is 14.6 Å². The Hall–Kier alpha value is -2.60. The predicted octanol–water partition coefficient (Wildman–Crippen LogP) is 2.06. The maximum Gasteiger partial charge on any atom is 0.295 e. The summed E-state index contributed by atoms with van der Waals surface area (Å²) in [5.41, 5.74) is 2.96. The van der Waals surface area contributed by atoms with Gasteiger partial charge in [-0.1, -0.05) is 18.2 Å². The Balaban J connectivity index is 2.35. The zero-order valence-electron chi connectivity index (χ0n) is 12.8. The summed E-state index contributed by atoms with van der Waals surface area (Å²) in [6, 6.07) is 8.61. The molecule has 1 aromatic heterocycles. The van der Waals surface area contributed by atoms with Crippen LogP contribution < -0.4 is 5.43 Å². The molecule has 6 nitrogen and oxygen atoms in total. The number of imide groups is 1. The highest BCUT2D eigenvalue weighted by Gasteiger charge is 2.28. The quantitative estimate of drug-likeness (QED) is 0.693. The molecule has 0 atom stereocenters. The van der Waals surface area contributed by atoms with E-state index in [1.165, 1.54) is 18.6 Å². The highest BCUT2D eigenvalue weighted by atomic mass is 16.2. The molecule has 6 heteroatoms. The van der Waals surface area contributed by atoms with Gasteiger partial charge in [0, 0.05) is 23.5 Å². The first-order chi connectivity index (χ1) is 10.4. The van der Waals surface area contributed by atoms with E-state index >= 15 is 0 Å². The Kier molecular flexibility index (Phi) is 4.62. The van der Waals surface area contributed by atoms with Gasteiger partial charge in [0.25, 0.3) is 11.8 Å². The number of benzene rings is 1. The van der Waals surface area contributed by atoms with Crippen molar-refractivity contribution in [3.05, 3.63) is 60.2 Å². The van der Waals surface area contributed by atoms with Crippen molar-refractivity contribution in [2.24, 2.45) is 0 Å². The van der Waals surface area contributed by atoms with Gasteiger partial charge in [-0.2, -0.15) is 0 Å². The van der Waals surface area contributed by atoms with Gasteiger partial charge in [0.1, 0.15) is 5.69 Å². The second kappa shape index (κ2) is 6.44. The second-order valence-corrected chi connectivity index (χ2v) is 5.76. The van der Waals surface area contributed by atoms with Crippen molar-refractivity contribution in [2.75, 3.05) is 0 Å². The van der Waals surface area contributed by atoms with Gasteiger partial charge in [0.15, 0.2) is 0 Å². The van der Waals surface area contributed by atoms with Crippen LogP contribution in [0.25, 0.3) is 0 Å². The number of carbonyl (C=O) groups excluding carboxylic acids is 2. The lowest BCUT2D eigenvalue weighted by Crippen LogP contribution is -2.55. The molecule has 0 unspecified atom stereocenters. The summed E-state index contributed by atoms with van der Waals surface area (Å²) in [6.45, 7) is 5.59. The maximum absolute atomic E-state index is 12.6. The smallest absolute Gasteiger partial charge is 0.267 e. The number of aromatic nitrogens is 2. The summed E-state index contributed by atoms with van der Waals surface area (Å²) >= 11 is 0. The number of rotatable bonds is 3. The molecule has 2 rings (SSSR count). The lowest BCUT2D eigenvalue weighted by molar-refractivity contribution is 0.0448. The largest absolute Gasteiger partial charge is 0.295 e. The highest BCUT2D eigenvalue weighted by molar-refractivity contribution is 6.09. The van der Waals surface area contributed by atoms with Crippen LogP contribution in [-0.4, -0.2) is 32.3 Å². The van der Waals surface area contributed by atoms with Crippen molar-refractivity contribution in [3.8, 4) is 0 Å². The summed E-state index contributed by atoms with van der Waals surface area (Å²) in [6.07, 6.45) is 4.21. The Morgan fingerprint density at radius 1 is 1.05 bits per heavy atom. The molecule has 1 N–H and O–H groups in total. The molecule has 0 spiro atoms. The van der Waals surface area contributed by atoms with Crippen LogP contribution in [0.3, 0.4) is 0 Å². The van der Waals surface area contributed by atoms with Crippen molar-refractivity contribution >= 4 is 11.8 Å². The monoisotopic (exact) mass is 298 g/mol. The fourth-order valence-corrected chi connectivity index (χ4v) is 1.76. The van der Waals surface area contributed by atoms with Gasteiger partial charge in [-0.05, 0) is 32.9 Å². The van der Waals surface area contributed by atoms with E-state index < -0.39 is 17.4 Å². The summed E-state index contributed by atoms with van der Waals surface area (Å²) in [5.74, 6) is -0.983. The van der Waals surface area contributed by atoms with Crippen LogP contribution in [0.5, 0.6) is 0 Å². The average molecular weight is 298 g/mol. The van der Waals surface area contributed by atoms with E-state index in [1.807, 2.05) is 26.8 Å². The van der Waals surface area contributed by atoms with Crippen LogP contribution in [0.15, 0.2) is 48.9 Å². The number of amides is 2. The fourth-order valence-electron chi connectivity index (χ4n) is 1.76. The van der Waals surface area contributed by atoms with E-state index in [-0.39, 0.29) is 5.69 Å². The Morgan fingerprint density at radius 2 is 1.73 bits per heavy atom. The van der Waals surface area contributed by atoms with Gasteiger partial charge in [-0.15, -0.1) is 0 Å². The van der Waals surface area contributed by atoms with Crippen LogP contribution in [-0.2, 0) is 0 Å². The highest BCUT2D eigenvalue weighted by Crippen LogP contribution is 2.10. The van der Waals surface area contributed by atoms with E-state index in [1.54, 1.807) is 24.3 Å². The Morgan fingerprint density at radius 3 is 2.27 bits per heavy atom. The van der Waals surface area contributed by atoms with Crippen molar-refractivity contribution in [1.29, 1.82) is 0 Å². The number of hydrazine groups is 1. The van der Waals surface area contributed by atoms with E-state index in [2.05, 4.69) is 15.4 Å². The third-order valence-corrected chi connectivity index (χ3v) is 2.66. The number of hydrogen-bond donors (Lipinski definition) is 1. The molecule has 0 saturated heterocycles. The molecule has 22 heavy (non-hydrogen) atoms. The minimum atomic E-state index is -0.545. The first kappa shape index (κ1) is 15.8. The van der Waals surface area contributed by atoms with Crippen molar-refractivity contribution < 1.29 is 9.59 Å². The van der Waals surface area contributed by atoms with Gasteiger partial charge in [0.2, 0.25) is 0 Å². The first-order valence-electron chi connectivity index (χ1n) is 6.86. The summed E-state index contributed by atoms with van der Waals surface area (Å²) in [4.78, 5) is 33.0. The van der Waals surface area contributed by atoms with Crippen molar-refractivity contribution in [3.63, 3.8) is 0 Å². The standard InChI is InChI=1S/C16H18N4O2/c1-16(2,3)19-20(14(21)12-7-5-4-6-8-12)15(22)13-11-17-9-10-18-13/h4-11,19H,1-3H3. The zero-order chi connectivity index (χ0) is 16.2. The van der Waals surface area contributed by atoms with Crippen LogP contribution in [0.1, 0.15) is 41.6 Å². The number of nitrogens with zero attached hydrogens (tertiary/aromatic N) is 3. The molecule has 0 radical (unpaired) electrons. The number of hydrogen-bond acceptors (Lipinski definition) is 5. The molecule has 0 aliphatic rings. The zero-order valence-corrected chi connectivity index (χ0v) is 12.8. The van der Waals surface area contributed by atoms with Crippen LogP contribution >= 0.6 is 0 Å². The van der Waals surface area contributed by atoms with E-state index in [0.29, 0.717) is 5.56 Å². The van der Waals surface area contributed by atoms with Crippen molar-refractivity contribution in [1.82, 2.24) is 20.4 Å². The van der Waals surface area contributed by atoms with Crippen LogP contribution in [0, 0.1) is 0 Å². The molecule has 0 aliphatic carbocycles. The molecule has 0 fully saturated rings. The second-order valence-electron chi connectivity index (χ2n) is 5.76. The molecule has 0 saturated carbocycles. The molecule has 1 aromatic carbocycles. The van der Waals surface area contributed by atoms with Gasteiger partial charge < -0.3 is 0 Å². The Bertz CT molecular complexity index is 599.